The summed E-state index contributed by atoms with van der Waals surface area (Å²) in [6.07, 6.45) is 0. The van der Waals surface area contributed by atoms with Crippen LogP contribution in [0.15, 0.2) is 38.7 Å². The van der Waals surface area contributed by atoms with Crippen LogP contribution in [0.4, 0.5) is 5.69 Å². The second kappa shape index (κ2) is 4.29. The Hall–Kier alpha value is -1.93. The molecule has 0 radical (unpaired) electrons. The van der Waals surface area contributed by atoms with Gasteiger partial charge in [0.05, 0.1) is 0 Å². The quantitative estimate of drug-likeness (QED) is 0.804. The van der Waals surface area contributed by atoms with Gasteiger partial charge in [-0.3, -0.25) is 0 Å². The van der Waals surface area contributed by atoms with Crippen LogP contribution in [0.1, 0.15) is 11.6 Å². The molecule has 80 valence electrons. The number of nitrogen functional groups attached to an aromatic ring is 1. The third kappa shape index (κ3) is 2.18. The van der Waals surface area contributed by atoms with E-state index in [1.165, 1.54) is 11.8 Å². The molecule has 4 nitrogen and oxygen atoms in total. The molecule has 0 spiro atoms. The molecular weight excluding hydrogens is 222 g/mol. The Morgan fingerprint density at radius 3 is 3.00 bits per heavy atom. The third-order valence-corrected chi connectivity index (χ3v) is 2.83. The first-order chi connectivity index (χ1) is 7.69. The third-order valence-electron chi connectivity index (χ3n) is 1.88. The summed E-state index contributed by atoms with van der Waals surface area (Å²) in [7, 11) is 0. The van der Waals surface area contributed by atoms with Crippen molar-refractivity contribution in [2.75, 3.05) is 5.73 Å². The lowest BCUT2D eigenvalue weighted by Gasteiger charge is -1.98. The number of nitrogens with two attached hydrogens (primary N) is 1. The summed E-state index contributed by atoms with van der Waals surface area (Å²) in [6, 6.07) is 9.38. The molecule has 2 rings (SSSR count). The Balaban J connectivity index is 2.30. The van der Waals surface area contributed by atoms with Crippen molar-refractivity contribution in [3.63, 3.8) is 0 Å². The van der Waals surface area contributed by atoms with Crippen LogP contribution in [0.3, 0.4) is 0 Å². The highest BCUT2D eigenvalue weighted by Gasteiger charge is 2.11. The molecule has 1 aromatic carbocycles. The number of nitrogens with zero attached hydrogens (tertiary/aromatic N) is 2. The monoisotopic (exact) mass is 231 g/mol. The molecule has 0 bridgehead atoms. The summed E-state index contributed by atoms with van der Waals surface area (Å²) in [5, 5.41) is 9.36. The summed E-state index contributed by atoms with van der Waals surface area (Å²) in [4.78, 5) is 4.89. The number of benzene rings is 1. The fourth-order valence-electron chi connectivity index (χ4n) is 1.23. The van der Waals surface area contributed by atoms with Gasteiger partial charge in [0.15, 0.2) is 11.6 Å². The average Bonchev–Trinajstić information content (AvgIpc) is 2.59. The maximum absolute atomic E-state index is 8.85. The molecule has 0 aliphatic heterocycles. The first-order valence-corrected chi connectivity index (χ1v) is 5.41. The number of oxazole rings is 1. The second-order valence-electron chi connectivity index (χ2n) is 3.16. The van der Waals surface area contributed by atoms with Gasteiger partial charge in [0, 0.05) is 17.5 Å². The smallest absolute Gasteiger partial charge is 0.203 e. The van der Waals surface area contributed by atoms with Crippen molar-refractivity contribution in [2.24, 2.45) is 0 Å². The highest BCUT2D eigenvalue weighted by atomic mass is 32.2. The van der Waals surface area contributed by atoms with Gasteiger partial charge in [0.25, 0.3) is 0 Å². The molecule has 16 heavy (non-hydrogen) atoms. The van der Waals surface area contributed by atoms with E-state index in [-0.39, 0.29) is 0 Å². The molecule has 0 fully saturated rings. The van der Waals surface area contributed by atoms with E-state index in [9.17, 15) is 0 Å². The first kappa shape index (κ1) is 10.6. The number of hydrogen-bond donors (Lipinski definition) is 1. The van der Waals surface area contributed by atoms with E-state index in [4.69, 9.17) is 15.4 Å². The van der Waals surface area contributed by atoms with Crippen LogP contribution in [0.2, 0.25) is 0 Å². The zero-order valence-electron chi connectivity index (χ0n) is 8.60. The van der Waals surface area contributed by atoms with Gasteiger partial charge in [-0.1, -0.05) is 6.07 Å². The van der Waals surface area contributed by atoms with Gasteiger partial charge in [0.2, 0.25) is 5.09 Å². The van der Waals surface area contributed by atoms with Crippen molar-refractivity contribution in [3.05, 3.63) is 35.9 Å². The minimum atomic E-state index is 0.310. The van der Waals surface area contributed by atoms with E-state index in [0.717, 1.165) is 4.90 Å². The van der Waals surface area contributed by atoms with Crippen molar-refractivity contribution < 1.29 is 4.42 Å². The molecule has 0 unspecified atom stereocenters. The molecule has 0 saturated carbocycles. The van der Waals surface area contributed by atoms with Crippen LogP contribution < -0.4 is 5.73 Å². The topological polar surface area (TPSA) is 75.8 Å². The fraction of sp³-hybridized carbons (Fsp3) is 0.0909. The number of anilines is 1. The summed E-state index contributed by atoms with van der Waals surface area (Å²) < 4.78 is 5.34. The van der Waals surface area contributed by atoms with Gasteiger partial charge in [-0.25, -0.2) is 4.98 Å². The fourth-order valence-corrected chi connectivity index (χ4v) is 2.14. The van der Waals surface area contributed by atoms with Crippen molar-refractivity contribution >= 4 is 17.4 Å². The van der Waals surface area contributed by atoms with Crippen LogP contribution in [-0.2, 0) is 0 Å². The van der Waals surface area contributed by atoms with E-state index >= 15 is 0 Å². The standard InChI is InChI=1S/C11H9N3OS/c1-7-14-10(6-12)11(15-7)16-9-4-2-3-8(13)5-9/h2-5H,13H2,1H3. The van der Waals surface area contributed by atoms with Gasteiger partial charge in [-0.05, 0) is 30.0 Å². The summed E-state index contributed by atoms with van der Waals surface area (Å²) >= 11 is 1.34. The molecule has 2 aromatic rings. The van der Waals surface area contributed by atoms with Crippen molar-refractivity contribution in [2.45, 2.75) is 16.9 Å². The highest BCUT2D eigenvalue weighted by molar-refractivity contribution is 7.99. The summed E-state index contributed by atoms with van der Waals surface area (Å²) in [6.45, 7) is 1.71. The number of rotatable bonds is 2. The van der Waals surface area contributed by atoms with Gasteiger partial charge >= 0.3 is 0 Å². The van der Waals surface area contributed by atoms with Gasteiger partial charge < -0.3 is 10.2 Å². The van der Waals surface area contributed by atoms with Crippen molar-refractivity contribution in [3.8, 4) is 6.07 Å². The molecule has 0 amide bonds. The maximum Gasteiger partial charge on any atom is 0.203 e. The number of nitriles is 1. The molecule has 2 N–H and O–H groups in total. The molecule has 1 heterocycles. The normalized spacial score (nSPS) is 10.0. The Bertz CT molecular complexity index is 557. The SMILES string of the molecule is Cc1nc(C#N)c(Sc2cccc(N)c2)o1. The van der Waals surface area contributed by atoms with Crippen LogP contribution >= 0.6 is 11.8 Å². The minimum Gasteiger partial charge on any atom is -0.433 e. The van der Waals surface area contributed by atoms with Gasteiger partial charge in [-0.15, -0.1) is 0 Å². The molecule has 0 aliphatic rings. The van der Waals surface area contributed by atoms with Crippen LogP contribution in [0.25, 0.3) is 0 Å². The molecule has 0 aliphatic carbocycles. The van der Waals surface area contributed by atoms with Crippen molar-refractivity contribution in [1.82, 2.24) is 4.98 Å². The van der Waals surface area contributed by atoms with E-state index in [0.29, 0.717) is 22.4 Å². The van der Waals surface area contributed by atoms with E-state index in [1.807, 2.05) is 24.3 Å². The van der Waals surface area contributed by atoms with E-state index in [1.54, 1.807) is 13.0 Å². The number of aromatic nitrogens is 1. The number of aryl methyl sites for hydroxylation is 1. The molecule has 1 aromatic heterocycles. The van der Waals surface area contributed by atoms with Gasteiger partial charge in [-0.2, -0.15) is 5.26 Å². The zero-order chi connectivity index (χ0) is 11.5. The van der Waals surface area contributed by atoms with Crippen LogP contribution in [0, 0.1) is 18.3 Å². The lowest BCUT2D eigenvalue weighted by Crippen LogP contribution is -1.83. The van der Waals surface area contributed by atoms with Crippen molar-refractivity contribution in [1.29, 1.82) is 5.26 Å². The average molecular weight is 231 g/mol. The van der Waals surface area contributed by atoms with Crippen LogP contribution in [-0.4, -0.2) is 4.98 Å². The molecule has 0 atom stereocenters. The lowest BCUT2D eigenvalue weighted by atomic mass is 10.3. The molecule has 0 saturated heterocycles. The van der Waals surface area contributed by atoms with Gasteiger partial charge in [0.1, 0.15) is 6.07 Å². The first-order valence-electron chi connectivity index (χ1n) is 4.60. The predicted molar refractivity (Wildman–Crippen MR) is 60.9 cm³/mol. The number of hydrogen-bond acceptors (Lipinski definition) is 5. The van der Waals surface area contributed by atoms with Crippen LogP contribution in [0.5, 0.6) is 0 Å². The Labute approximate surface area is 97.1 Å². The van der Waals surface area contributed by atoms with E-state index < -0.39 is 0 Å². The second-order valence-corrected chi connectivity index (χ2v) is 4.20. The summed E-state index contributed by atoms with van der Waals surface area (Å²) in [5.41, 5.74) is 6.65. The summed E-state index contributed by atoms with van der Waals surface area (Å²) in [5.74, 6) is 0.489. The Kier molecular flexibility index (Phi) is 2.84. The highest BCUT2D eigenvalue weighted by Crippen LogP contribution is 2.31. The Morgan fingerprint density at radius 2 is 2.31 bits per heavy atom. The Morgan fingerprint density at radius 1 is 1.50 bits per heavy atom. The zero-order valence-corrected chi connectivity index (χ0v) is 9.41. The minimum absolute atomic E-state index is 0.310. The molecular formula is C11H9N3OS. The lowest BCUT2D eigenvalue weighted by molar-refractivity contribution is 0.441. The molecule has 5 heteroatoms. The maximum atomic E-state index is 8.85. The predicted octanol–water partition coefficient (Wildman–Crippen LogP) is 2.59. The van der Waals surface area contributed by atoms with E-state index in [2.05, 4.69) is 4.98 Å². The largest absolute Gasteiger partial charge is 0.433 e.